The fourth-order valence-electron chi connectivity index (χ4n) is 3.08. The van der Waals surface area contributed by atoms with E-state index in [9.17, 15) is 14.7 Å². The predicted octanol–water partition coefficient (Wildman–Crippen LogP) is 0.897. The molecule has 0 unspecified atom stereocenters. The number of fused-ring (bicyclic) bond motifs is 1. The highest BCUT2D eigenvalue weighted by Crippen LogP contribution is 2.33. The zero-order valence-corrected chi connectivity index (χ0v) is 14.5. The quantitative estimate of drug-likeness (QED) is 0.797. The summed E-state index contributed by atoms with van der Waals surface area (Å²) in [5.74, 6) is 0.931. The van der Waals surface area contributed by atoms with Crippen LogP contribution >= 0.6 is 0 Å². The van der Waals surface area contributed by atoms with Crippen LogP contribution in [0, 0.1) is 11.8 Å². The minimum Gasteiger partial charge on any atom is -0.454 e. The molecule has 3 rings (SSSR count). The molecule has 7 nitrogen and oxygen atoms in total. The van der Waals surface area contributed by atoms with Crippen LogP contribution in [-0.4, -0.2) is 47.8 Å². The first kappa shape index (κ1) is 17.5. The summed E-state index contributed by atoms with van der Waals surface area (Å²) in [5, 5.41) is 12.2. The van der Waals surface area contributed by atoms with Gasteiger partial charge < -0.3 is 24.8 Å². The van der Waals surface area contributed by atoms with Gasteiger partial charge in [-0.3, -0.25) is 9.59 Å². The number of aliphatic hydroxyl groups excluding tert-OH is 1. The fraction of sp³-hybridized carbons (Fsp3) is 0.556. The molecule has 0 radical (unpaired) electrons. The van der Waals surface area contributed by atoms with Gasteiger partial charge in [-0.25, -0.2) is 0 Å². The van der Waals surface area contributed by atoms with Crippen molar-refractivity contribution >= 4 is 11.8 Å². The van der Waals surface area contributed by atoms with Gasteiger partial charge in [0, 0.05) is 19.5 Å². The Morgan fingerprint density at radius 2 is 2.12 bits per heavy atom. The topological polar surface area (TPSA) is 88.1 Å². The molecule has 25 heavy (non-hydrogen) atoms. The first-order valence-electron chi connectivity index (χ1n) is 8.55. The van der Waals surface area contributed by atoms with Gasteiger partial charge in [-0.2, -0.15) is 0 Å². The third-order valence-corrected chi connectivity index (χ3v) is 4.72. The summed E-state index contributed by atoms with van der Waals surface area (Å²) in [4.78, 5) is 26.3. The maximum Gasteiger partial charge on any atom is 0.231 e. The van der Waals surface area contributed by atoms with E-state index in [2.05, 4.69) is 5.32 Å². The van der Waals surface area contributed by atoms with Crippen molar-refractivity contribution in [1.29, 1.82) is 0 Å². The molecular weight excluding hydrogens is 324 g/mol. The standard InChI is InChI=1S/C18H24N2O5/c1-11(2)14(9-21)19-18(23)13-6-17(22)20(8-13)7-12-3-4-15-16(5-12)25-10-24-15/h3-5,11,13-14,21H,6-10H2,1-2H3,(H,19,23)/t13-,14-/m0/s1. The van der Waals surface area contributed by atoms with E-state index < -0.39 is 0 Å². The Balaban J connectivity index is 1.59. The highest BCUT2D eigenvalue weighted by Gasteiger charge is 2.35. The lowest BCUT2D eigenvalue weighted by molar-refractivity contribution is -0.129. The van der Waals surface area contributed by atoms with Crippen LogP contribution in [0.1, 0.15) is 25.8 Å². The van der Waals surface area contributed by atoms with Crippen LogP contribution < -0.4 is 14.8 Å². The molecule has 0 aliphatic carbocycles. The van der Waals surface area contributed by atoms with E-state index in [4.69, 9.17) is 9.47 Å². The Labute approximate surface area is 146 Å². The number of nitrogens with one attached hydrogen (secondary N) is 1. The summed E-state index contributed by atoms with van der Waals surface area (Å²) >= 11 is 0. The van der Waals surface area contributed by atoms with Crippen LogP contribution in [0.3, 0.4) is 0 Å². The van der Waals surface area contributed by atoms with Crippen LogP contribution in [0.4, 0.5) is 0 Å². The molecule has 1 saturated heterocycles. The minimum atomic E-state index is -0.380. The third-order valence-electron chi connectivity index (χ3n) is 4.72. The zero-order chi connectivity index (χ0) is 18.0. The number of benzene rings is 1. The predicted molar refractivity (Wildman–Crippen MR) is 89.9 cm³/mol. The van der Waals surface area contributed by atoms with Crippen LogP contribution in [-0.2, 0) is 16.1 Å². The Morgan fingerprint density at radius 1 is 1.36 bits per heavy atom. The average Bonchev–Trinajstić information content (AvgIpc) is 3.18. The molecule has 0 bridgehead atoms. The van der Waals surface area contributed by atoms with Gasteiger partial charge in [0.05, 0.1) is 18.6 Å². The summed E-state index contributed by atoms with van der Waals surface area (Å²) in [6, 6.07) is 5.31. The van der Waals surface area contributed by atoms with Gasteiger partial charge in [0.25, 0.3) is 0 Å². The van der Waals surface area contributed by atoms with Crippen LogP contribution in [0.15, 0.2) is 18.2 Å². The van der Waals surface area contributed by atoms with Gasteiger partial charge in [0.1, 0.15) is 0 Å². The van der Waals surface area contributed by atoms with Crippen LogP contribution in [0.2, 0.25) is 0 Å². The van der Waals surface area contributed by atoms with Crippen LogP contribution in [0.25, 0.3) is 0 Å². The maximum absolute atomic E-state index is 12.4. The maximum atomic E-state index is 12.4. The van der Waals surface area contributed by atoms with Gasteiger partial charge >= 0.3 is 0 Å². The molecule has 2 heterocycles. The Kier molecular flexibility index (Phi) is 5.13. The Morgan fingerprint density at radius 3 is 2.84 bits per heavy atom. The molecule has 2 N–H and O–H groups in total. The number of amides is 2. The van der Waals surface area contributed by atoms with Crippen molar-refractivity contribution in [1.82, 2.24) is 10.2 Å². The molecule has 2 aliphatic heterocycles. The number of ether oxygens (including phenoxy) is 2. The van der Waals surface area contributed by atoms with Crippen molar-refractivity contribution in [3.05, 3.63) is 23.8 Å². The highest BCUT2D eigenvalue weighted by molar-refractivity contribution is 5.89. The van der Waals surface area contributed by atoms with Crippen molar-refractivity contribution in [3.8, 4) is 11.5 Å². The molecule has 0 saturated carbocycles. The lowest BCUT2D eigenvalue weighted by Crippen LogP contribution is -2.44. The first-order valence-corrected chi connectivity index (χ1v) is 8.55. The smallest absolute Gasteiger partial charge is 0.231 e. The molecule has 1 aromatic carbocycles. The van der Waals surface area contributed by atoms with Gasteiger partial charge in [-0.05, 0) is 23.6 Å². The second-order valence-corrected chi connectivity index (χ2v) is 6.90. The highest BCUT2D eigenvalue weighted by atomic mass is 16.7. The third kappa shape index (κ3) is 3.87. The number of likely N-dealkylation sites (tertiary alicyclic amines) is 1. The van der Waals surface area contributed by atoms with E-state index in [0.717, 1.165) is 5.56 Å². The molecule has 2 atom stereocenters. The number of aliphatic hydroxyl groups is 1. The lowest BCUT2D eigenvalue weighted by Gasteiger charge is -2.22. The molecule has 1 aromatic rings. The number of carbonyl (C=O) groups is 2. The minimum absolute atomic E-state index is 0.0390. The Bertz CT molecular complexity index is 661. The average molecular weight is 348 g/mol. The molecule has 2 aliphatic rings. The fourth-order valence-corrected chi connectivity index (χ4v) is 3.08. The number of hydrogen-bond donors (Lipinski definition) is 2. The monoisotopic (exact) mass is 348 g/mol. The summed E-state index contributed by atoms with van der Waals surface area (Å²) in [7, 11) is 0. The van der Waals surface area contributed by atoms with Crippen molar-refractivity contribution < 1.29 is 24.2 Å². The molecule has 136 valence electrons. The summed E-state index contributed by atoms with van der Waals surface area (Å²) in [6.07, 6.45) is 0.201. The van der Waals surface area contributed by atoms with E-state index in [1.165, 1.54) is 0 Å². The largest absolute Gasteiger partial charge is 0.454 e. The van der Waals surface area contributed by atoms with E-state index in [0.29, 0.717) is 24.6 Å². The van der Waals surface area contributed by atoms with Crippen molar-refractivity contribution in [2.45, 2.75) is 32.9 Å². The summed E-state index contributed by atoms with van der Waals surface area (Å²) in [5.41, 5.74) is 0.939. The van der Waals surface area contributed by atoms with E-state index in [1.807, 2.05) is 32.0 Å². The summed E-state index contributed by atoms with van der Waals surface area (Å²) in [6.45, 7) is 4.80. The number of carbonyl (C=O) groups excluding carboxylic acids is 2. The lowest BCUT2D eigenvalue weighted by atomic mass is 10.0. The molecule has 1 fully saturated rings. The summed E-state index contributed by atoms with van der Waals surface area (Å²) < 4.78 is 10.6. The van der Waals surface area contributed by atoms with Crippen molar-refractivity contribution in [3.63, 3.8) is 0 Å². The Hall–Kier alpha value is -2.28. The zero-order valence-electron chi connectivity index (χ0n) is 14.5. The van der Waals surface area contributed by atoms with E-state index in [-0.39, 0.29) is 49.5 Å². The van der Waals surface area contributed by atoms with Gasteiger partial charge in [0.15, 0.2) is 11.5 Å². The van der Waals surface area contributed by atoms with Crippen LogP contribution in [0.5, 0.6) is 11.5 Å². The molecule has 7 heteroatoms. The molecule has 2 amide bonds. The first-order chi connectivity index (χ1) is 12.0. The van der Waals surface area contributed by atoms with Gasteiger partial charge in [-0.15, -0.1) is 0 Å². The van der Waals surface area contributed by atoms with Gasteiger partial charge in [0.2, 0.25) is 18.6 Å². The second kappa shape index (κ2) is 7.31. The van der Waals surface area contributed by atoms with Crippen molar-refractivity contribution in [2.75, 3.05) is 19.9 Å². The number of nitrogens with zero attached hydrogens (tertiary/aromatic N) is 1. The molecular formula is C18H24N2O5. The molecule has 0 spiro atoms. The molecule has 0 aromatic heterocycles. The normalized spacial score (nSPS) is 20.2. The number of rotatable bonds is 6. The van der Waals surface area contributed by atoms with E-state index in [1.54, 1.807) is 4.90 Å². The SMILES string of the molecule is CC(C)[C@H](CO)NC(=O)[C@H]1CC(=O)N(Cc2ccc3c(c2)OCO3)C1. The van der Waals surface area contributed by atoms with E-state index >= 15 is 0 Å². The second-order valence-electron chi connectivity index (χ2n) is 6.90. The van der Waals surface area contributed by atoms with Crippen molar-refractivity contribution in [2.24, 2.45) is 11.8 Å². The number of hydrogen-bond acceptors (Lipinski definition) is 5. The van der Waals surface area contributed by atoms with Gasteiger partial charge in [-0.1, -0.05) is 19.9 Å².